The number of anilines is 3. The maximum Gasteiger partial charge on any atom is 0.264 e. The molecule has 6 nitrogen and oxygen atoms in total. The number of hydrogen-bond acceptors (Lipinski definition) is 4. The smallest absolute Gasteiger partial charge is 0.264 e. The quantitative estimate of drug-likeness (QED) is 0.548. The molecule has 160 valence electrons. The number of ether oxygens (including phenoxy) is 1. The van der Waals surface area contributed by atoms with Crippen molar-refractivity contribution in [1.82, 2.24) is 0 Å². The Labute approximate surface area is 187 Å². The van der Waals surface area contributed by atoms with E-state index >= 15 is 0 Å². The van der Waals surface area contributed by atoms with Gasteiger partial charge in [-0.15, -0.1) is 0 Å². The molecule has 3 aromatic carbocycles. The normalized spacial score (nSPS) is 13.3. The molecule has 0 saturated carbocycles. The number of nitrogens with one attached hydrogen (secondary N) is 2. The van der Waals surface area contributed by atoms with Gasteiger partial charge in [0.05, 0.1) is 17.7 Å². The predicted octanol–water partition coefficient (Wildman–Crippen LogP) is 4.65. The molecule has 31 heavy (non-hydrogen) atoms. The lowest BCUT2D eigenvalue weighted by atomic mass is 10.0. The molecule has 0 spiro atoms. The van der Waals surface area contributed by atoms with Crippen molar-refractivity contribution in [2.45, 2.75) is 17.7 Å². The van der Waals surface area contributed by atoms with Gasteiger partial charge in [-0.2, -0.15) is 0 Å². The van der Waals surface area contributed by atoms with Gasteiger partial charge in [0, 0.05) is 17.9 Å². The summed E-state index contributed by atoms with van der Waals surface area (Å²) in [6.07, 6.45) is 1.70. The van der Waals surface area contributed by atoms with Crippen molar-refractivity contribution in [3.05, 3.63) is 78.4 Å². The van der Waals surface area contributed by atoms with E-state index in [2.05, 4.69) is 10.6 Å². The number of aryl methyl sites for hydroxylation is 1. The van der Waals surface area contributed by atoms with Crippen molar-refractivity contribution in [3.8, 4) is 5.75 Å². The van der Waals surface area contributed by atoms with E-state index in [0.717, 1.165) is 35.5 Å². The molecule has 0 unspecified atom stereocenters. The molecule has 0 saturated heterocycles. The van der Waals surface area contributed by atoms with E-state index in [1.165, 1.54) is 4.31 Å². The lowest BCUT2D eigenvalue weighted by Gasteiger charge is -2.30. The number of nitrogens with zero attached hydrogens (tertiary/aromatic N) is 1. The average Bonchev–Trinajstić information content (AvgIpc) is 2.79. The van der Waals surface area contributed by atoms with Gasteiger partial charge in [0.15, 0.2) is 5.11 Å². The lowest BCUT2D eigenvalue weighted by Crippen LogP contribution is -2.35. The average molecular weight is 454 g/mol. The number of fused-ring (bicyclic) bond motifs is 1. The molecular weight excluding hydrogens is 430 g/mol. The summed E-state index contributed by atoms with van der Waals surface area (Å²) in [5.41, 5.74) is 3.34. The SMILES string of the molecule is COc1ccc(NC(=S)Nc2ccc(S(=O)(=O)N3CCCc4ccccc43)cc2)cc1. The van der Waals surface area contributed by atoms with E-state index in [1.54, 1.807) is 31.4 Å². The Morgan fingerprint density at radius 2 is 1.55 bits per heavy atom. The van der Waals surface area contributed by atoms with E-state index in [-0.39, 0.29) is 4.90 Å². The van der Waals surface area contributed by atoms with E-state index in [1.807, 2.05) is 48.5 Å². The second-order valence-corrected chi connectivity index (χ2v) is 9.41. The zero-order chi connectivity index (χ0) is 21.8. The largest absolute Gasteiger partial charge is 0.497 e. The first-order chi connectivity index (χ1) is 15.0. The minimum atomic E-state index is -3.63. The minimum absolute atomic E-state index is 0.254. The molecule has 1 heterocycles. The Morgan fingerprint density at radius 1 is 0.935 bits per heavy atom. The van der Waals surface area contributed by atoms with Crippen molar-refractivity contribution < 1.29 is 13.2 Å². The molecule has 0 bridgehead atoms. The minimum Gasteiger partial charge on any atom is -0.497 e. The molecule has 3 aromatic rings. The molecule has 1 aliphatic heterocycles. The molecule has 0 amide bonds. The number of rotatable bonds is 5. The monoisotopic (exact) mass is 453 g/mol. The maximum absolute atomic E-state index is 13.2. The van der Waals surface area contributed by atoms with E-state index in [9.17, 15) is 8.42 Å². The molecule has 0 fully saturated rings. The highest BCUT2D eigenvalue weighted by molar-refractivity contribution is 7.92. The van der Waals surface area contributed by atoms with E-state index in [4.69, 9.17) is 17.0 Å². The summed E-state index contributed by atoms with van der Waals surface area (Å²) in [6.45, 7) is 0.481. The Morgan fingerprint density at radius 3 is 2.19 bits per heavy atom. The number of thiocarbonyl (C=S) groups is 1. The second kappa shape index (κ2) is 8.95. The van der Waals surface area contributed by atoms with Crippen LogP contribution in [-0.4, -0.2) is 27.2 Å². The van der Waals surface area contributed by atoms with Crippen LogP contribution in [0, 0.1) is 0 Å². The van der Waals surface area contributed by atoms with E-state index in [0.29, 0.717) is 17.3 Å². The zero-order valence-corrected chi connectivity index (χ0v) is 18.7. The van der Waals surface area contributed by atoms with Gasteiger partial charge in [0.1, 0.15) is 5.75 Å². The molecular formula is C23H23N3O3S2. The predicted molar refractivity (Wildman–Crippen MR) is 129 cm³/mol. The Balaban J connectivity index is 1.46. The van der Waals surface area contributed by atoms with Crippen LogP contribution in [0.5, 0.6) is 5.75 Å². The third kappa shape index (κ3) is 4.65. The summed E-state index contributed by atoms with van der Waals surface area (Å²) < 4.78 is 33.1. The van der Waals surface area contributed by atoms with Gasteiger partial charge >= 0.3 is 0 Å². The number of benzene rings is 3. The van der Waals surface area contributed by atoms with Crippen LogP contribution in [0.1, 0.15) is 12.0 Å². The van der Waals surface area contributed by atoms with Crippen LogP contribution in [0.3, 0.4) is 0 Å². The van der Waals surface area contributed by atoms with Gasteiger partial charge in [-0.05, 0) is 85.2 Å². The molecule has 0 atom stereocenters. The van der Waals surface area contributed by atoms with Gasteiger partial charge in [-0.3, -0.25) is 4.31 Å². The Hall–Kier alpha value is -3.10. The fourth-order valence-electron chi connectivity index (χ4n) is 3.55. The maximum atomic E-state index is 13.2. The summed E-state index contributed by atoms with van der Waals surface area (Å²) in [5.74, 6) is 0.762. The van der Waals surface area contributed by atoms with Crippen LogP contribution in [0.25, 0.3) is 0 Å². The molecule has 1 aliphatic rings. The van der Waals surface area contributed by atoms with Gasteiger partial charge in [-0.1, -0.05) is 18.2 Å². The van der Waals surface area contributed by atoms with Crippen molar-refractivity contribution in [3.63, 3.8) is 0 Å². The lowest BCUT2D eigenvalue weighted by molar-refractivity contribution is 0.415. The highest BCUT2D eigenvalue weighted by Crippen LogP contribution is 2.32. The van der Waals surface area contributed by atoms with Crippen LogP contribution in [-0.2, 0) is 16.4 Å². The van der Waals surface area contributed by atoms with Crippen molar-refractivity contribution in [1.29, 1.82) is 0 Å². The first kappa shape index (κ1) is 21.1. The van der Waals surface area contributed by atoms with Crippen LogP contribution < -0.4 is 19.7 Å². The number of hydrogen-bond donors (Lipinski definition) is 2. The number of para-hydroxylation sites is 1. The fraction of sp³-hybridized carbons (Fsp3) is 0.174. The molecule has 0 aromatic heterocycles. The van der Waals surface area contributed by atoms with Crippen molar-refractivity contribution in [2.75, 3.05) is 28.6 Å². The summed E-state index contributed by atoms with van der Waals surface area (Å²) in [7, 11) is -2.02. The zero-order valence-electron chi connectivity index (χ0n) is 17.0. The molecule has 8 heteroatoms. The molecule has 0 aliphatic carbocycles. The molecule has 4 rings (SSSR count). The van der Waals surface area contributed by atoms with Gasteiger partial charge in [-0.25, -0.2) is 8.42 Å². The number of methoxy groups -OCH3 is 1. The topological polar surface area (TPSA) is 70.7 Å². The Kier molecular flexibility index (Phi) is 6.11. The molecule has 2 N–H and O–H groups in total. The van der Waals surface area contributed by atoms with E-state index < -0.39 is 10.0 Å². The standard InChI is InChI=1S/C23H23N3O3S2/c1-29-20-12-8-18(9-13-20)24-23(30)25-19-10-14-21(15-11-19)31(27,28)26-16-4-6-17-5-2-3-7-22(17)26/h2-3,5,7-15H,4,6,16H2,1H3,(H2,24,25,30). The van der Waals surface area contributed by atoms with Crippen LogP contribution in [0.2, 0.25) is 0 Å². The highest BCUT2D eigenvalue weighted by Gasteiger charge is 2.28. The van der Waals surface area contributed by atoms with Crippen molar-refractivity contribution >= 4 is 44.4 Å². The summed E-state index contributed by atoms with van der Waals surface area (Å²) in [5, 5.41) is 6.57. The molecule has 0 radical (unpaired) electrons. The van der Waals surface area contributed by atoms with Crippen LogP contribution >= 0.6 is 12.2 Å². The van der Waals surface area contributed by atoms with Gasteiger partial charge in [0.2, 0.25) is 0 Å². The third-order valence-electron chi connectivity index (χ3n) is 5.12. The summed E-state index contributed by atoms with van der Waals surface area (Å²) >= 11 is 5.35. The summed E-state index contributed by atoms with van der Waals surface area (Å²) in [4.78, 5) is 0.254. The number of sulfonamides is 1. The van der Waals surface area contributed by atoms with Gasteiger partial charge in [0.25, 0.3) is 10.0 Å². The second-order valence-electron chi connectivity index (χ2n) is 7.14. The first-order valence-corrected chi connectivity index (χ1v) is 11.7. The van der Waals surface area contributed by atoms with Crippen molar-refractivity contribution in [2.24, 2.45) is 0 Å². The highest BCUT2D eigenvalue weighted by atomic mass is 32.2. The summed E-state index contributed by atoms with van der Waals surface area (Å²) in [6, 6.07) is 21.7. The third-order valence-corrected chi connectivity index (χ3v) is 7.15. The fourth-order valence-corrected chi connectivity index (χ4v) is 5.33. The van der Waals surface area contributed by atoms with Gasteiger partial charge < -0.3 is 15.4 Å². The Bertz CT molecular complexity index is 1180. The van der Waals surface area contributed by atoms with Crippen LogP contribution in [0.15, 0.2) is 77.7 Å². The van der Waals surface area contributed by atoms with Crippen LogP contribution in [0.4, 0.5) is 17.1 Å². The first-order valence-electron chi connectivity index (χ1n) is 9.90.